The van der Waals surface area contributed by atoms with Gasteiger partial charge >= 0.3 is 25.7 Å². The molecule has 0 fully saturated rings. The Labute approximate surface area is 403 Å². The first-order chi connectivity index (χ1) is 32.2. The quantitative estimate of drug-likeness (QED) is 0.0197. The number of hydrogen-bond donors (Lipinski definition) is 2. The van der Waals surface area contributed by atoms with Gasteiger partial charge < -0.3 is 24.2 Å². The standard InChI is InChI=1S/C54H99O11P/c1-4-7-10-13-16-19-21-22-23-24-25-26-27-28-30-33-36-39-42-45-54(58)65-51(47-61-52(56)43-40-37-34-31-18-15-12-9-6-3)49-63-66(59,60)62-48-50(46-55)64-53(57)44-41-38-35-32-29-20-17-14-11-8-5-2/h16,19,22-23,25-26,50-51,55H,4-15,17-18,20-21,24,27-49H2,1-3H3,(H,59,60)/b19-16-,23-22-,26-25-. The van der Waals surface area contributed by atoms with Crippen LogP contribution in [0.4, 0.5) is 0 Å². The molecule has 0 radical (unpaired) electrons. The number of phosphoric ester groups is 1. The predicted molar refractivity (Wildman–Crippen MR) is 270 cm³/mol. The van der Waals surface area contributed by atoms with Gasteiger partial charge in [0.25, 0.3) is 0 Å². The van der Waals surface area contributed by atoms with Crippen molar-refractivity contribution >= 4 is 25.7 Å². The largest absolute Gasteiger partial charge is 0.472 e. The normalized spacial score (nSPS) is 13.7. The number of phosphoric acid groups is 1. The van der Waals surface area contributed by atoms with E-state index in [0.717, 1.165) is 89.9 Å². The highest BCUT2D eigenvalue weighted by Gasteiger charge is 2.28. The van der Waals surface area contributed by atoms with Crippen LogP contribution in [0.3, 0.4) is 0 Å². The van der Waals surface area contributed by atoms with Crippen LogP contribution in [-0.4, -0.2) is 66.5 Å². The summed E-state index contributed by atoms with van der Waals surface area (Å²) in [5.41, 5.74) is 0. The van der Waals surface area contributed by atoms with Crippen LogP contribution in [0.1, 0.15) is 252 Å². The van der Waals surface area contributed by atoms with Crippen molar-refractivity contribution in [3.63, 3.8) is 0 Å². The number of unbranched alkanes of at least 4 members (excludes halogenated alkanes) is 27. The Morgan fingerprint density at radius 2 is 0.742 bits per heavy atom. The Morgan fingerprint density at radius 1 is 0.424 bits per heavy atom. The van der Waals surface area contributed by atoms with E-state index in [0.29, 0.717) is 19.3 Å². The van der Waals surface area contributed by atoms with Crippen LogP contribution in [0.5, 0.6) is 0 Å². The second-order valence-electron chi connectivity index (χ2n) is 18.1. The molecule has 11 nitrogen and oxygen atoms in total. The van der Waals surface area contributed by atoms with Gasteiger partial charge in [0.2, 0.25) is 0 Å². The summed E-state index contributed by atoms with van der Waals surface area (Å²) in [7, 11) is -4.73. The van der Waals surface area contributed by atoms with Gasteiger partial charge in [-0.1, -0.05) is 211 Å². The first kappa shape index (κ1) is 63.7. The van der Waals surface area contributed by atoms with E-state index in [9.17, 15) is 28.9 Å². The van der Waals surface area contributed by atoms with Gasteiger partial charge in [-0.3, -0.25) is 23.4 Å². The zero-order valence-electron chi connectivity index (χ0n) is 42.4. The van der Waals surface area contributed by atoms with Crippen LogP contribution in [-0.2, 0) is 42.2 Å². The van der Waals surface area contributed by atoms with E-state index in [1.54, 1.807) is 0 Å². The third-order valence-corrected chi connectivity index (χ3v) is 12.5. The minimum atomic E-state index is -4.73. The number of ether oxygens (including phenoxy) is 3. The number of carbonyl (C=O) groups excluding carboxylic acids is 3. The lowest BCUT2D eigenvalue weighted by molar-refractivity contribution is -0.161. The van der Waals surface area contributed by atoms with E-state index in [2.05, 4.69) is 57.2 Å². The van der Waals surface area contributed by atoms with Crippen molar-refractivity contribution in [3.8, 4) is 0 Å². The fourth-order valence-electron chi connectivity index (χ4n) is 7.42. The Bertz CT molecular complexity index is 1250. The van der Waals surface area contributed by atoms with Crippen molar-refractivity contribution < 1.29 is 52.2 Å². The highest BCUT2D eigenvalue weighted by Crippen LogP contribution is 2.43. The summed E-state index contributed by atoms with van der Waals surface area (Å²) in [6, 6.07) is 0. The summed E-state index contributed by atoms with van der Waals surface area (Å²) in [5, 5.41) is 9.76. The van der Waals surface area contributed by atoms with E-state index in [4.69, 9.17) is 23.3 Å². The number of esters is 3. The fraction of sp³-hybridized carbons (Fsp3) is 0.833. The molecule has 3 atom stereocenters. The van der Waals surface area contributed by atoms with Gasteiger partial charge in [-0.25, -0.2) is 4.57 Å². The Hall–Kier alpha value is -2.30. The molecule has 12 heteroatoms. The number of rotatable bonds is 50. The third-order valence-electron chi connectivity index (χ3n) is 11.6. The first-order valence-corrected chi connectivity index (χ1v) is 28.4. The zero-order valence-corrected chi connectivity index (χ0v) is 43.3. The molecule has 3 unspecified atom stereocenters. The molecular formula is C54H99O11P. The number of aliphatic hydroxyl groups is 1. The van der Waals surface area contributed by atoms with E-state index in [-0.39, 0.29) is 25.9 Å². The molecule has 0 saturated carbocycles. The summed E-state index contributed by atoms with van der Waals surface area (Å²) in [4.78, 5) is 48.2. The van der Waals surface area contributed by atoms with Crippen molar-refractivity contribution in [2.45, 2.75) is 264 Å². The molecule has 2 N–H and O–H groups in total. The average molecular weight is 955 g/mol. The monoisotopic (exact) mass is 955 g/mol. The molecule has 0 spiro atoms. The second-order valence-corrected chi connectivity index (χ2v) is 19.5. The Morgan fingerprint density at radius 3 is 1.17 bits per heavy atom. The summed E-state index contributed by atoms with van der Waals surface area (Å²) in [6.45, 7) is 4.58. The average Bonchev–Trinajstić information content (AvgIpc) is 3.30. The molecule has 386 valence electrons. The summed E-state index contributed by atoms with van der Waals surface area (Å²) >= 11 is 0. The van der Waals surface area contributed by atoms with Crippen LogP contribution >= 0.6 is 7.82 Å². The number of hydrogen-bond acceptors (Lipinski definition) is 10. The Balaban J connectivity index is 4.68. The minimum Gasteiger partial charge on any atom is -0.462 e. The number of carbonyl (C=O) groups is 3. The van der Waals surface area contributed by atoms with Crippen molar-refractivity contribution in [2.24, 2.45) is 0 Å². The van der Waals surface area contributed by atoms with Crippen LogP contribution in [0.2, 0.25) is 0 Å². The minimum absolute atomic E-state index is 0.157. The van der Waals surface area contributed by atoms with Crippen LogP contribution in [0.25, 0.3) is 0 Å². The molecule has 0 heterocycles. The van der Waals surface area contributed by atoms with Crippen molar-refractivity contribution in [1.29, 1.82) is 0 Å². The van der Waals surface area contributed by atoms with Gasteiger partial charge in [-0.15, -0.1) is 0 Å². The maximum Gasteiger partial charge on any atom is 0.472 e. The Kier molecular flexibility index (Phi) is 47.4. The van der Waals surface area contributed by atoms with Crippen LogP contribution in [0, 0.1) is 0 Å². The van der Waals surface area contributed by atoms with Gasteiger partial charge in [-0.05, 0) is 57.8 Å². The smallest absolute Gasteiger partial charge is 0.462 e. The molecule has 0 aromatic heterocycles. The van der Waals surface area contributed by atoms with Gasteiger partial charge in [-0.2, -0.15) is 0 Å². The molecule has 66 heavy (non-hydrogen) atoms. The summed E-state index contributed by atoms with van der Waals surface area (Å²) in [6.07, 6.45) is 48.3. The first-order valence-electron chi connectivity index (χ1n) is 26.9. The van der Waals surface area contributed by atoms with Gasteiger partial charge in [0.05, 0.1) is 19.8 Å². The van der Waals surface area contributed by atoms with E-state index in [1.807, 2.05) is 0 Å². The summed E-state index contributed by atoms with van der Waals surface area (Å²) < 4.78 is 39.3. The van der Waals surface area contributed by atoms with E-state index in [1.165, 1.54) is 103 Å². The molecule has 0 aromatic carbocycles. The molecule has 0 bridgehead atoms. The van der Waals surface area contributed by atoms with Gasteiger partial charge in [0, 0.05) is 19.3 Å². The van der Waals surface area contributed by atoms with Crippen LogP contribution < -0.4 is 0 Å². The van der Waals surface area contributed by atoms with Gasteiger partial charge in [0.15, 0.2) is 6.10 Å². The molecule has 0 aromatic rings. The predicted octanol–water partition coefficient (Wildman–Crippen LogP) is 15.3. The SMILES string of the molecule is CCCCC/C=C\C/C=C\C/C=C\CCCCCCCCC(=O)OC(COC(=O)CCCCCCCCCCC)COP(=O)(O)OCC(CO)OC(=O)CCCCCCCCCCCCC. The maximum atomic E-state index is 12.8. The maximum absolute atomic E-state index is 12.8. The molecule has 0 amide bonds. The van der Waals surface area contributed by atoms with Crippen molar-refractivity contribution in [3.05, 3.63) is 36.5 Å². The lowest BCUT2D eigenvalue weighted by Gasteiger charge is -2.21. The number of aliphatic hydroxyl groups excluding tert-OH is 1. The number of allylic oxidation sites excluding steroid dienone is 6. The van der Waals surface area contributed by atoms with Crippen molar-refractivity contribution in [1.82, 2.24) is 0 Å². The summed E-state index contributed by atoms with van der Waals surface area (Å²) in [5.74, 6) is -1.47. The van der Waals surface area contributed by atoms with Crippen molar-refractivity contribution in [2.75, 3.05) is 26.4 Å². The molecule has 0 aliphatic heterocycles. The molecule has 0 saturated heterocycles. The lowest BCUT2D eigenvalue weighted by atomic mass is 10.1. The molecule has 0 rings (SSSR count). The van der Waals surface area contributed by atoms with E-state index >= 15 is 0 Å². The fourth-order valence-corrected chi connectivity index (χ4v) is 8.21. The highest BCUT2D eigenvalue weighted by molar-refractivity contribution is 7.47. The molecule has 0 aliphatic rings. The topological polar surface area (TPSA) is 155 Å². The highest BCUT2D eigenvalue weighted by atomic mass is 31.2. The lowest BCUT2D eigenvalue weighted by Crippen LogP contribution is -2.30. The zero-order chi connectivity index (χ0) is 48.4. The second kappa shape index (κ2) is 49.1. The van der Waals surface area contributed by atoms with Gasteiger partial charge in [0.1, 0.15) is 12.7 Å². The molecular weight excluding hydrogens is 856 g/mol. The van der Waals surface area contributed by atoms with Crippen LogP contribution in [0.15, 0.2) is 36.5 Å². The van der Waals surface area contributed by atoms with E-state index < -0.39 is 57.8 Å². The molecule has 0 aliphatic carbocycles. The third kappa shape index (κ3) is 46.8.